The van der Waals surface area contributed by atoms with Gasteiger partial charge in [-0.15, -0.1) is 0 Å². The lowest BCUT2D eigenvalue weighted by atomic mass is 10.1. The third kappa shape index (κ3) is 4.84. The highest BCUT2D eigenvalue weighted by atomic mass is 16.5. The Balaban J connectivity index is 1.53. The van der Waals surface area contributed by atoms with Crippen LogP contribution >= 0.6 is 0 Å². The Morgan fingerprint density at radius 3 is 2.29 bits per heavy atom. The molecule has 0 radical (unpaired) electrons. The number of amides is 1. The molecule has 1 aromatic heterocycles. The van der Waals surface area contributed by atoms with Gasteiger partial charge >= 0.3 is 5.97 Å². The molecule has 7 nitrogen and oxygen atoms in total. The Kier molecular flexibility index (Phi) is 5.84. The number of aryl methyl sites for hydroxylation is 1. The highest BCUT2D eigenvalue weighted by molar-refractivity contribution is 5.98. The van der Waals surface area contributed by atoms with E-state index in [9.17, 15) is 9.59 Å². The zero-order valence-electron chi connectivity index (χ0n) is 16.8. The molecule has 0 spiro atoms. The minimum atomic E-state index is -1.09. The number of nitrogens with one attached hydrogen (secondary N) is 1. The molecule has 0 aliphatic rings. The lowest BCUT2D eigenvalue weighted by molar-refractivity contribution is -0.125. The summed E-state index contributed by atoms with van der Waals surface area (Å²) in [6.45, 7) is 1.97. The fraction of sp³-hybridized carbons (Fsp3) is 0.0833. The molecule has 7 heteroatoms. The highest BCUT2D eigenvalue weighted by Crippen LogP contribution is 2.22. The first-order valence-electron chi connectivity index (χ1n) is 9.69. The highest BCUT2D eigenvalue weighted by Gasteiger charge is 2.26. The number of carbonyl (C=O) groups is 2. The van der Waals surface area contributed by atoms with E-state index >= 15 is 0 Å². The fourth-order valence-corrected chi connectivity index (χ4v) is 3.01. The number of anilines is 1. The van der Waals surface area contributed by atoms with Gasteiger partial charge in [-0.05, 0) is 43.3 Å². The first-order chi connectivity index (χ1) is 15.1. The van der Waals surface area contributed by atoms with Crippen LogP contribution in [0.3, 0.4) is 0 Å². The second-order valence-electron chi connectivity index (χ2n) is 6.94. The lowest BCUT2D eigenvalue weighted by Crippen LogP contribution is -2.26. The van der Waals surface area contributed by atoms with E-state index in [2.05, 4.69) is 15.4 Å². The summed E-state index contributed by atoms with van der Waals surface area (Å²) in [5.74, 6) is -1.03. The predicted molar refractivity (Wildman–Crippen MR) is 116 cm³/mol. The fourth-order valence-electron chi connectivity index (χ4n) is 3.01. The number of hydrogen-bond donors (Lipinski definition) is 1. The van der Waals surface area contributed by atoms with Gasteiger partial charge in [0.05, 0.1) is 11.3 Å². The molecule has 4 aromatic rings. The van der Waals surface area contributed by atoms with Crippen LogP contribution in [0.5, 0.6) is 0 Å². The minimum Gasteiger partial charge on any atom is -0.444 e. The maximum absolute atomic E-state index is 13.0. The third-order valence-electron chi connectivity index (χ3n) is 4.67. The summed E-state index contributed by atoms with van der Waals surface area (Å²) in [5.41, 5.74) is 3.38. The van der Waals surface area contributed by atoms with Crippen LogP contribution < -0.4 is 5.32 Å². The molecule has 1 heterocycles. The summed E-state index contributed by atoms with van der Waals surface area (Å²) >= 11 is 0. The van der Waals surface area contributed by atoms with Gasteiger partial charge in [0.2, 0.25) is 6.10 Å². The van der Waals surface area contributed by atoms with Gasteiger partial charge < -0.3 is 10.1 Å². The maximum Gasteiger partial charge on any atom is 0.339 e. The summed E-state index contributed by atoms with van der Waals surface area (Å²) in [4.78, 5) is 29.7. The molecule has 0 aliphatic heterocycles. The molecule has 1 amide bonds. The van der Waals surface area contributed by atoms with E-state index in [0.29, 0.717) is 16.8 Å². The van der Waals surface area contributed by atoms with Crippen LogP contribution in [0.15, 0.2) is 91.5 Å². The molecule has 0 bridgehead atoms. The van der Waals surface area contributed by atoms with Gasteiger partial charge in [0.1, 0.15) is 12.7 Å². The lowest BCUT2D eigenvalue weighted by Gasteiger charge is -2.18. The van der Waals surface area contributed by atoms with E-state index in [0.717, 1.165) is 11.3 Å². The van der Waals surface area contributed by atoms with Crippen molar-refractivity contribution in [2.45, 2.75) is 13.0 Å². The molecule has 31 heavy (non-hydrogen) atoms. The van der Waals surface area contributed by atoms with Crippen LogP contribution in [0.1, 0.15) is 27.6 Å². The van der Waals surface area contributed by atoms with Crippen molar-refractivity contribution in [1.82, 2.24) is 14.8 Å². The van der Waals surface area contributed by atoms with E-state index in [4.69, 9.17) is 4.74 Å². The third-order valence-corrected chi connectivity index (χ3v) is 4.67. The van der Waals surface area contributed by atoms with Crippen LogP contribution in [-0.2, 0) is 9.53 Å². The number of benzene rings is 3. The van der Waals surface area contributed by atoms with Crippen LogP contribution in [0, 0.1) is 6.92 Å². The first kappa shape index (κ1) is 20.0. The predicted octanol–water partition coefficient (Wildman–Crippen LogP) is 4.11. The SMILES string of the molecule is Cc1ccc(NC(=O)[C@@H](OC(=O)c2ccc(-n3cncn3)cc2)c2ccccc2)cc1. The number of hydrogen-bond acceptors (Lipinski definition) is 5. The minimum absolute atomic E-state index is 0.327. The maximum atomic E-state index is 13.0. The Labute approximate surface area is 179 Å². The topological polar surface area (TPSA) is 86.1 Å². The van der Waals surface area contributed by atoms with Crippen molar-refractivity contribution in [3.63, 3.8) is 0 Å². The largest absolute Gasteiger partial charge is 0.444 e. The van der Waals surface area contributed by atoms with E-state index in [1.54, 1.807) is 71.7 Å². The van der Waals surface area contributed by atoms with Gasteiger partial charge in [-0.2, -0.15) is 5.10 Å². The molecule has 4 rings (SSSR count). The van der Waals surface area contributed by atoms with Crippen molar-refractivity contribution < 1.29 is 14.3 Å². The Morgan fingerprint density at radius 1 is 0.935 bits per heavy atom. The Bertz CT molecular complexity index is 1160. The molecule has 1 N–H and O–H groups in total. The first-order valence-corrected chi connectivity index (χ1v) is 9.69. The second-order valence-corrected chi connectivity index (χ2v) is 6.94. The molecule has 154 valence electrons. The van der Waals surface area contributed by atoms with Crippen molar-refractivity contribution in [2.75, 3.05) is 5.32 Å². The molecule has 0 unspecified atom stereocenters. The number of aromatic nitrogens is 3. The van der Waals surface area contributed by atoms with Crippen molar-refractivity contribution in [2.24, 2.45) is 0 Å². The summed E-state index contributed by atoms with van der Waals surface area (Å²) in [6.07, 6.45) is 1.90. The number of nitrogens with zero attached hydrogens (tertiary/aromatic N) is 3. The molecule has 0 saturated carbocycles. The van der Waals surface area contributed by atoms with E-state index in [1.165, 1.54) is 6.33 Å². The van der Waals surface area contributed by atoms with Gasteiger partial charge in [-0.1, -0.05) is 48.0 Å². The van der Waals surface area contributed by atoms with Crippen molar-refractivity contribution in [3.05, 3.63) is 108 Å². The average Bonchev–Trinajstić information content (AvgIpc) is 3.34. The number of carbonyl (C=O) groups excluding carboxylic acids is 2. The normalized spacial score (nSPS) is 11.5. The smallest absolute Gasteiger partial charge is 0.339 e. The second kappa shape index (κ2) is 9.04. The van der Waals surface area contributed by atoms with Gasteiger partial charge in [0.15, 0.2) is 0 Å². The Morgan fingerprint density at radius 2 is 1.65 bits per heavy atom. The summed E-state index contributed by atoms with van der Waals surface area (Å²) in [7, 11) is 0. The molecule has 3 aromatic carbocycles. The number of rotatable bonds is 6. The van der Waals surface area contributed by atoms with Gasteiger partial charge in [0.25, 0.3) is 5.91 Å². The van der Waals surface area contributed by atoms with E-state index < -0.39 is 18.0 Å². The number of esters is 1. The number of ether oxygens (including phenoxy) is 1. The van der Waals surface area contributed by atoms with Gasteiger partial charge in [-0.25, -0.2) is 14.5 Å². The van der Waals surface area contributed by atoms with Crippen LogP contribution in [0.2, 0.25) is 0 Å². The van der Waals surface area contributed by atoms with Gasteiger partial charge in [0, 0.05) is 11.3 Å². The molecule has 1 atom stereocenters. The zero-order valence-corrected chi connectivity index (χ0v) is 16.8. The van der Waals surface area contributed by atoms with E-state index in [1.807, 2.05) is 25.1 Å². The molecular weight excluding hydrogens is 392 g/mol. The van der Waals surface area contributed by atoms with Crippen molar-refractivity contribution in [3.8, 4) is 5.69 Å². The van der Waals surface area contributed by atoms with Crippen LogP contribution in [0.4, 0.5) is 5.69 Å². The van der Waals surface area contributed by atoms with Crippen LogP contribution in [0.25, 0.3) is 5.69 Å². The quantitative estimate of drug-likeness (QED) is 0.482. The molecular formula is C24H20N4O3. The molecule has 0 fully saturated rings. The Hall–Kier alpha value is -4.26. The summed E-state index contributed by atoms with van der Waals surface area (Å²) < 4.78 is 7.21. The standard InChI is InChI=1S/C24H20N4O3/c1-17-7-11-20(12-8-17)27-23(29)22(18-5-3-2-4-6-18)31-24(30)19-9-13-21(14-10-19)28-16-25-15-26-28/h2-16,22H,1H3,(H,27,29)/t22-/m0/s1. The van der Waals surface area contributed by atoms with E-state index in [-0.39, 0.29) is 0 Å². The van der Waals surface area contributed by atoms with Gasteiger partial charge in [-0.3, -0.25) is 4.79 Å². The van der Waals surface area contributed by atoms with Crippen molar-refractivity contribution in [1.29, 1.82) is 0 Å². The van der Waals surface area contributed by atoms with Crippen LogP contribution in [-0.4, -0.2) is 26.6 Å². The monoisotopic (exact) mass is 412 g/mol. The average molecular weight is 412 g/mol. The summed E-state index contributed by atoms with van der Waals surface area (Å²) in [6, 6.07) is 23.0. The summed E-state index contributed by atoms with van der Waals surface area (Å²) in [5, 5.41) is 6.87. The molecule has 0 saturated heterocycles. The van der Waals surface area contributed by atoms with Crippen molar-refractivity contribution >= 4 is 17.6 Å². The zero-order chi connectivity index (χ0) is 21.6. The molecule has 0 aliphatic carbocycles.